The second kappa shape index (κ2) is 6.75. The largest absolute Gasteiger partial charge is 0.464 e. The van der Waals surface area contributed by atoms with Gasteiger partial charge in [-0.3, -0.25) is 0 Å². The number of hydrogen-bond donors (Lipinski definition) is 1. The molecule has 20 heavy (non-hydrogen) atoms. The molecule has 0 amide bonds. The Labute approximate surface area is 120 Å². The van der Waals surface area contributed by atoms with Gasteiger partial charge in [-0.05, 0) is 45.2 Å². The average Bonchev–Trinajstić information content (AvgIpc) is 2.84. The van der Waals surface area contributed by atoms with Crippen molar-refractivity contribution in [1.82, 2.24) is 0 Å². The molecule has 0 aromatic heterocycles. The number of nitrogens with one attached hydrogen (secondary N) is 1. The third-order valence-electron chi connectivity index (χ3n) is 3.63. The summed E-state index contributed by atoms with van der Waals surface area (Å²) in [5.41, 5.74) is 2.06. The topological polar surface area (TPSA) is 47.6 Å². The number of anilines is 1. The maximum atomic E-state index is 12.2. The van der Waals surface area contributed by atoms with E-state index in [1.54, 1.807) is 0 Å². The summed E-state index contributed by atoms with van der Waals surface area (Å²) < 4.78 is 11.0. The number of hydrogen-bond acceptors (Lipinski definition) is 4. The second-order valence-electron chi connectivity index (χ2n) is 5.25. The summed E-state index contributed by atoms with van der Waals surface area (Å²) in [5, 5.41) is 3.29. The number of ether oxygens (including phenoxy) is 2. The summed E-state index contributed by atoms with van der Waals surface area (Å²) in [6, 6.07) is 7.48. The highest BCUT2D eigenvalue weighted by Crippen LogP contribution is 2.25. The van der Waals surface area contributed by atoms with Crippen LogP contribution < -0.4 is 5.32 Å². The molecule has 1 heterocycles. The van der Waals surface area contributed by atoms with Gasteiger partial charge >= 0.3 is 5.97 Å². The molecule has 1 aromatic rings. The summed E-state index contributed by atoms with van der Waals surface area (Å²) in [6.45, 7) is 6.26. The molecule has 1 aliphatic heterocycles. The van der Waals surface area contributed by atoms with Crippen LogP contribution in [0.25, 0.3) is 0 Å². The number of carbonyl (C=O) groups excluding carboxylic acids is 1. The first kappa shape index (κ1) is 14.9. The maximum absolute atomic E-state index is 12.2. The summed E-state index contributed by atoms with van der Waals surface area (Å²) in [5.74, 6) is -0.241. The first-order valence-corrected chi connectivity index (χ1v) is 7.26. The van der Waals surface area contributed by atoms with Gasteiger partial charge < -0.3 is 14.8 Å². The van der Waals surface area contributed by atoms with Gasteiger partial charge in [0.05, 0.1) is 18.8 Å². The highest BCUT2D eigenvalue weighted by atomic mass is 16.5. The monoisotopic (exact) mass is 277 g/mol. The van der Waals surface area contributed by atoms with E-state index in [-0.39, 0.29) is 18.2 Å². The van der Waals surface area contributed by atoms with Gasteiger partial charge in [0.15, 0.2) is 6.04 Å². The summed E-state index contributed by atoms with van der Waals surface area (Å²) in [7, 11) is 0. The third kappa shape index (κ3) is 3.51. The number of para-hydroxylation sites is 1. The summed E-state index contributed by atoms with van der Waals surface area (Å²) >= 11 is 0. The van der Waals surface area contributed by atoms with Crippen molar-refractivity contribution in [3.05, 3.63) is 29.8 Å². The van der Waals surface area contributed by atoms with Crippen LogP contribution in [-0.4, -0.2) is 30.8 Å². The molecule has 0 aliphatic carbocycles. The molecule has 1 aliphatic rings. The second-order valence-corrected chi connectivity index (χ2v) is 5.25. The van der Waals surface area contributed by atoms with Gasteiger partial charge in [0.1, 0.15) is 0 Å². The lowest BCUT2D eigenvalue weighted by Gasteiger charge is -2.24. The minimum atomic E-state index is -0.444. The van der Waals surface area contributed by atoms with E-state index in [1.165, 1.54) is 0 Å². The Hall–Kier alpha value is -1.55. The molecule has 2 rings (SSSR count). The van der Waals surface area contributed by atoms with Gasteiger partial charge in [0.25, 0.3) is 0 Å². The Morgan fingerprint density at radius 1 is 1.45 bits per heavy atom. The number of esters is 1. The molecule has 1 aromatic carbocycles. The number of aryl methyl sites for hydroxylation is 1. The van der Waals surface area contributed by atoms with E-state index < -0.39 is 6.04 Å². The highest BCUT2D eigenvalue weighted by molar-refractivity contribution is 5.80. The van der Waals surface area contributed by atoms with Crippen LogP contribution in [0.4, 0.5) is 5.69 Å². The minimum Gasteiger partial charge on any atom is -0.464 e. The zero-order chi connectivity index (χ0) is 14.5. The molecule has 0 saturated carbocycles. The quantitative estimate of drug-likeness (QED) is 0.841. The van der Waals surface area contributed by atoms with E-state index in [9.17, 15) is 4.79 Å². The Morgan fingerprint density at radius 3 is 2.80 bits per heavy atom. The number of carbonyl (C=O) groups is 1. The van der Waals surface area contributed by atoms with E-state index in [4.69, 9.17) is 9.47 Å². The molecule has 3 unspecified atom stereocenters. The fourth-order valence-electron chi connectivity index (χ4n) is 2.52. The molecule has 0 bridgehead atoms. The lowest BCUT2D eigenvalue weighted by atomic mass is 10.1. The van der Waals surface area contributed by atoms with E-state index in [0.29, 0.717) is 6.61 Å². The smallest absolute Gasteiger partial charge is 0.331 e. The van der Waals surface area contributed by atoms with Crippen LogP contribution in [-0.2, 0) is 14.3 Å². The Kier molecular flexibility index (Phi) is 5.01. The van der Waals surface area contributed by atoms with Crippen molar-refractivity contribution in [3.63, 3.8) is 0 Å². The van der Waals surface area contributed by atoms with Gasteiger partial charge in [-0.15, -0.1) is 0 Å². The predicted molar refractivity (Wildman–Crippen MR) is 78.8 cm³/mol. The lowest BCUT2D eigenvalue weighted by molar-refractivity contribution is -0.147. The van der Waals surface area contributed by atoms with Crippen molar-refractivity contribution < 1.29 is 14.3 Å². The summed E-state index contributed by atoms with van der Waals surface area (Å²) in [4.78, 5) is 12.2. The molecule has 0 spiro atoms. The van der Waals surface area contributed by atoms with Crippen LogP contribution in [0.2, 0.25) is 0 Å². The predicted octanol–water partition coefficient (Wildman–Crippen LogP) is 2.91. The maximum Gasteiger partial charge on any atom is 0.331 e. The molecule has 4 heteroatoms. The average molecular weight is 277 g/mol. The lowest BCUT2D eigenvalue weighted by Crippen LogP contribution is -2.42. The van der Waals surface area contributed by atoms with Gasteiger partial charge in [-0.25, -0.2) is 4.79 Å². The zero-order valence-corrected chi connectivity index (χ0v) is 12.4. The molecule has 3 atom stereocenters. The van der Waals surface area contributed by atoms with Gasteiger partial charge in [0.2, 0.25) is 0 Å². The van der Waals surface area contributed by atoms with Crippen LogP contribution in [0.15, 0.2) is 24.3 Å². The Bertz CT molecular complexity index is 461. The molecule has 1 N–H and O–H groups in total. The Morgan fingerprint density at radius 2 is 2.20 bits per heavy atom. The van der Waals surface area contributed by atoms with E-state index >= 15 is 0 Å². The van der Waals surface area contributed by atoms with Crippen molar-refractivity contribution >= 4 is 11.7 Å². The SMILES string of the molecule is CCOC(=O)C(Nc1ccccc1C)C1CCC(C)O1. The number of rotatable bonds is 5. The fraction of sp³-hybridized carbons (Fsp3) is 0.562. The highest BCUT2D eigenvalue weighted by Gasteiger charge is 2.35. The van der Waals surface area contributed by atoms with Gasteiger partial charge in [-0.2, -0.15) is 0 Å². The molecule has 0 radical (unpaired) electrons. The molecule has 110 valence electrons. The molecule has 1 saturated heterocycles. The van der Waals surface area contributed by atoms with Gasteiger partial charge in [0, 0.05) is 5.69 Å². The standard InChI is InChI=1S/C16H23NO3/c1-4-19-16(18)15(14-10-9-12(3)20-14)17-13-8-6-5-7-11(13)2/h5-8,12,14-15,17H,4,9-10H2,1-3H3. The third-order valence-corrected chi connectivity index (χ3v) is 3.63. The minimum absolute atomic E-state index is 0.122. The normalized spacial score (nSPS) is 23.4. The first-order valence-electron chi connectivity index (χ1n) is 7.26. The van der Waals surface area contributed by atoms with Crippen molar-refractivity contribution in [2.45, 2.75) is 51.9 Å². The van der Waals surface area contributed by atoms with Crippen molar-refractivity contribution in [1.29, 1.82) is 0 Å². The van der Waals surface area contributed by atoms with E-state index in [2.05, 4.69) is 5.32 Å². The van der Waals surface area contributed by atoms with Crippen LogP contribution in [0.5, 0.6) is 0 Å². The Balaban J connectivity index is 2.14. The van der Waals surface area contributed by atoms with Crippen LogP contribution in [0.3, 0.4) is 0 Å². The van der Waals surface area contributed by atoms with Crippen molar-refractivity contribution in [2.24, 2.45) is 0 Å². The molecule has 1 fully saturated rings. The molecule has 4 nitrogen and oxygen atoms in total. The number of benzene rings is 1. The van der Waals surface area contributed by atoms with Crippen LogP contribution >= 0.6 is 0 Å². The molecular weight excluding hydrogens is 254 g/mol. The van der Waals surface area contributed by atoms with Crippen LogP contribution in [0.1, 0.15) is 32.3 Å². The molecular formula is C16H23NO3. The zero-order valence-electron chi connectivity index (χ0n) is 12.4. The summed E-state index contributed by atoms with van der Waals surface area (Å²) in [6.07, 6.45) is 1.94. The van der Waals surface area contributed by atoms with E-state index in [0.717, 1.165) is 24.1 Å². The first-order chi connectivity index (χ1) is 9.61. The van der Waals surface area contributed by atoms with Crippen molar-refractivity contribution in [3.8, 4) is 0 Å². The van der Waals surface area contributed by atoms with Crippen LogP contribution in [0, 0.1) is 6.92 Å². The van der Waals surface area contributed by atoms with Crippen molar-refractivity contribution in [2.75, 3.05) is 11.9 Å². The van der Waals surface area contributed by atoms with E-state index in [1.807, 2.05) is 45.0 Å². The fourth-order valence-corrected chi connectivity index (χ4v) is 2.52. The van der Waals surface area contributed by atoms with Gasteiger partial charge in [-0.1, -0.05) is 18.2 Å².